The van der Waals surface area contributed by atoms with E-state index >= 15 is 0 Å². The van der Waals surface area contributed by atoms with Gasteiger partial charge in [0, 0.05) is 10.9 Å². The fraction of sp³-hybridized carbons (Fsp3) is 0.600. The number of fused-ring (bicyclic) bond motifs is 1. The van der Waals surface area contributed by atoms with Gasteiger partial charge in [-0.3, -0.25) is 4.79 Å². The summed E-state index contributed by atoms with van der Waals surface area (Å²) in [5, 5.41) is 13.2. The van der Waals surface area contributed by atoms with Crippen LogP contribution in [0.3, 0.4) is 0 Å². The fourth-order valence-electron chi connectivity index (χ4n) is 1.93. The summed E-state index contributed by atoms with van der Waals surface area (Å²) in [4.78, 5) is 16.5. The summed E-state index contributed by atoms with van der Waals surface area (Å²) in [6.45, 7) is 0. The van der Waals surface area contributed by atoms with Crippen molar-refractivity contribution >= 4 is 22.4 Å². The summed E-state index contributed by atoms with van der Waals surface area (Å²) in [7, 11) is 0. The Kier molecular flexibility index (Phi) is 1.95. The lowest BCUT2D eigenvalue weighted by Crippen LogP contribution is -2.09. The van der Waals surface area contributed by atoms with Crippen molar-refractivity contribution in [1.82, 2.24) is 4.98 Å². The van der Waals surface area contributed by atoms with Crippen molar-refractivity contribution in [3.8, 4) is 0 Å². The number of carboxylic acid groups (broad SMARTS) is 1. The van der Waals surface area contributed by atoms with Gasteiger partial charge < -0.3 is 10.4 Å². The molecule has 0 amide bonds. The first-order chi connectivity index (χ1) is 7.24. The summed E-state index contributed by atoms with van der Waals surface area (Å²) in [6, 6.07) is 0.583. The van der Waals surface area contributed by atoms with Crippen molar-refractivity contribution in [2.24, 2.45) is 0 Å². The smallest absolute Gasteiger partial charge is 0.312 e. The molecule has 1 fully saturated rings. The average molecular weight is 224 g/mol. The average Bonchev–Trinajstić information content (AvgIpc) is 2.72. The van der Waals surface area contributed by atoms with Crippen LogP contribution in [0.4, 0.5) is 5.13 Å². The van der Waals surface area contributed by atoms with Crippen LogP contribution in [0.15, 0.2) is 0 Å². The normalized spacial score (nSPS) is 23.9. The molecule has 2 N–H and O–H groups in total. The number of thiazole rings is 1. The van der Waals surface area contributed by atoms with E-state index < -0.39 is 5.97 Å². The second-order valence-electron chi connectivity index (χ2n) is 4.18. The fourth-order valence-corrected chi connectivity index (χ4v) is 3.05. The molecule has 0 radical (unpaired) electrons. The van der Waals surface area contributed by atoms with Gasteiger partial charge in [-0.05, 0) is 25.7 Å². The molecule has 2 aliphatic rings. The number of rotatable bonds is 3. The summed E-state index contributed by atoms with van der Waals surface area (Å²) >= 11 is 1.63. The predicted molar refractivity (Wildman–Crippen MR) is 57.5 cm³/mol. The lowest BCUT2D eigenvalue weighted by atomic mass is 10.1. The van der Waals surface area contributed by atoms with Gasteiger partial charge in [-0.2, -0.15) is 0 Å². The molecular formula is C10H12N2O2S. The Morgan fingerprint density at radius 1 is 1.47 bits per heavy atom. The number of nitrogens with zero attached hydrogens (tertiary/aromatic N) is 1. The third kappa shape index (κ3) is 1.61. The van der Waals surface area contributed by atoms with Gasteiger partial charge in [0.15, 0.2) is 5.13 Å². The van der Waals surface area contributed by atoms with Gasteiger partial charge in [0.1, 0.15) is 5.92 Å². The van der Waals surface area contributed by atoms with Crippen LogP contribution in [0, 0.1) is 0 Å². The van der Waals surface area contributed by atoms with E-state index in [2.05, 4.69) is 10.3 Å². The molecule has 1 heterocycles. The lowest BCUT2D eigenvalue weighted by Gasteiger charge is -2.02. The van der Waals surface area contributed by atoms with Crippen LogP contribution in [0.1, 0.15) is 35.8 Å². The van der Waals surface area contributed by atoms with Crippen LogP contribution in [0.5, 0.6) is 0 Å². The molecule has 5 heteroatoms. The minimum absolute atomic E-state index is 0.369. The van der Waals surface area contributed by atoms with E-state index in [1.54, 1.807) is 11.3 Å². The van der Waals surface area contributed by atoms with Crippen molar-refractivity contribution < 1.29 is 9.90 Å². The van der Waals surface area contributed by atoms with Gasteiger partial charge in [0.2, 0.25) is 0 Å². The Balaban J connectivity index is 1.84. The second kappa shape index (κ2) is 3.20. The highest BCUT2D eigenvalue weighted by molar-refractivity contribution is 7.15. The number of hydrogen-bond donors (Lipinski definition) is 2. The number of anilines is 1. The molecule has 2 aliphatic carbocycles. The van der Waals surface area contributed by atoms with Crippen LogP contribution < -0.4 is 5.32 Å². The van der Waals surface area contributed by atoms with Crippen LogP contribution >= 0.6 is 11.3 Å². The number of aliphatic carboxylic acids is 1. The number of carbonyl (C=O) groups is 1. The van der Waals surface area contributed by atoms with Crippen molar-refractivity contribution in [3.63, 3.8) is 0 Å². The Hall–Kier alpha value is -1.10. The summed E-state index contributed by atoms with van der Waals surface area (Å²) in [5.74, 6) is -1.11. The minimum atomic E-state index is -0.739. The van der Waals surface area contributed by atoms with Crippen LogP contribution in [0.25, 0.3) is 0 Å². The molecule has 15 heavy (non-hydrogen) atoms. The van der Waals surface area contributed by atoms with Crippen molar-refractivity contribution in [2.45, 2.75) is 37.6 Å². The first kappa shape index (κ1) is 9.15. The van der Waals surface area contributed by atoms with E-state index in [0.29, 0.717) is 12.5 Å². The van der Waals surface area contributed by atoms with E-state index in [4.69, 9.17) is 5.11 Å². The van der Waals surface area contributed by atoms with Gasteiger partial charge in [0.25, 0.3) is 0 Å². The quantitative estimate of drug-likeness (QED) is 0.822. The van der Waals surface area contributed by atoms with E-state index in [-0.39, 0.29) is 5.92 Å². The zero-order chi connectivity index (χ0) is 10.4. The van der Waals surface area contributed by atoms with Crippen molar-refractivity contribution in [3.05, 3.63) is 10.6 Å². The first-order valence-electron chi connectivity index (χ1n) is 5.23. The number of carboxylic acids is 1. The van der Waals surface area contributed by atoms with Gasteiger partial charge >= 0.3 is 5.97 Å². The van der Waals surface area contributed by atoms with Crippen molar-refractivity contribution in [2.75, 3.05) is 5.32 Å². The molecule has 1 atom stereocenters. The summed E-state index contributed by atoms with van der Waals surface area (Å²) in [5.41, 5.74) is 0.802. The van der Waals surface area contributed by atoms with Crippen LogP contribution in [-0.4, -0.2) is 22.1 Å². The standard InChI is InChI=1S/C10H12N2O2S/c13-9(14)6-3-4-7-8(6)12-10(15-7)11-5-1-2-5/h5-6H,1-4H2,(H,11,12)(H,13,14). The molecule has 0 bridgehead atoms. The Morgan fingerprint density at radius 2 is 2.27 bits per heavy atom. The maximum atomic E-state index is 11.0. The van der Waals surface area contributed by atoms with Gasteiger partial charge in [-0.1, -0.05) is 0 Å². The number of aromatic nitrogens is 1. The third-order valence-corrected chi connectivity index (χ3v) is 3.98. The highest BCUT2D eigenvalue weighted by Crippen LogP contribution is 2.39. The molecular weight excluding hydrogens is 212 g/mol. The molecule has 1 saturated carbocycles. The maximum Gasteiger partial charge on any atom is 0.312 e. The predicted octanol–water partition coefficient (Wildman–Crippen LogP) is 1.83. The zero-order valence-electron chi connectivity index (χ0n) is 8.19. The van der Waals surface area contributed by atoms with E-state index in [1.807, 2.05) is 0 Å². The van der Waals surface area contributed by atoms with Gasteiger partial charge in [0.05, 0.1) is 5.69 Å². The molecule has 80 valence electrons. The van der Waals surface area contributed by atoms with Crippen molar-refractivity contribution in [1.29, 1.82) is 0 Å². The van der Waals surface area contributed by atoms with Gasteiger partial charge in [-0.15, -0.1) is 11.3 Å². The monoisotopic (exact) mass is 224 g/mol. The number of nitrogens with one attached hydrogen (secondary N) is 1. The maximum absolute atomic E-state index is 11.0. The SMILES string of the molecule is O=C(O)C1CCc2sc(NC3CC3)nc21. The summed E-state index contributed by atoms with van der Waals surface area (Å²) in [6.07, 6.45) is 4.02. The second-order valence-corrected chi connectivity index (χ2v) is 5.26. The molecule has 0 saturated heterocycles. The first-order valence-corrected chi connectivity index (χ1v) is 6.04. The molecule has 4 nitrogen and oxygen atoms in total. The van der Waals surface area contributed by atoms with E-state index in [1.165, 1.54) is 12.8 Å². The Bertz CT molecular complexity index is 412. The highest BCUT2D eigenvalue weighted by atomic mass is 32.1. The molecule has 0 aliphatic heterocycles. The topological polar surface area (TPSA) is 62.2 Å². The van der Waals surface area contributed by atoms with Gasteiger partial charge in [-0.25, -0.2) is 4.98 Å². The lowest BCUT2D eigenvalue weighted by molar-refractivity contribution is -0.138. The zero-order valence-corrected chi connectivity index (χ0v) is 9.01. The molecule has 0 aromatic carbocycles. The molecule has 1 aromatic rings. The highest BCUT2D eigenvalue weighted by Gasteiger charge is 2.33. The van der Waals surface area contributed by atoms with Crippen LogP contribution in [-0.2, 0) is 11.2 Å². The Morgan fingerprint density at radius 3 is 2.93 bits per heavy atom. The summed E-state index contributed by atoms with van der Waals surface area (Å²) < 4.78 is 0. The Labute approximate surface area is 91.3 Å². The molecule has 1 unspecified atom stereocenters. The van der Waals surface area contributed by atoms with Crippen LogP contribution in [0.2, 0.25) is 0 Å². The molecule has 3 rings (SSSR count). The number of aryl methyl sites for hydroxylation is 1. The number of hydrogen-bond acceptors (Lipinski definition) is 4. The largest absolute Gasteiger partial charge is 0.481 e. The third-order valence-electron chi connectivity index (χ3n) is 2.92. The van der Waals surface area contributed by atoms with E-state index in [0.717, 1.165) is 22.1 Å². The minimum Gasteiger partial charge on any atom is -0.481 e. The molecule has 1 aromatic heterocycles. The van der Waals surface area contributed by atoms with E-state index in [9.17, 15) is 4.79 Å². The molecule has 0 spiro atoms.